The van der Waals surface area contributed by atoms with E-state index in [-0.39, 0.29) is 19.3 Å². The van der Waals surface area contributed by atoms with Crippen LogP contribution in [0.4, 0.5) is 5.69 Å². The summed E-state index contributed by atoms with van der Waals surface area (Å²) in [5, 5.41) is 9.46. The molecule has 0 aliphatic carbocycles. The first-order chi connectivity index (χ1) is 9.20. The summed E-state index contributed by atoms with van der Waals surface area (Å²) in [5.74, 6) is 1.33. The van der Waals surface area contributed by atoms with Crippen LogP contribution in [0.3, 0.4) is 0 Å². The molecule has 1 unspecified atom stereocenters. The minimum atomic E-state index is -0.529. The second-order valence-corrected chi connectivity index (χ2v) is 4.69. The number of aliphatic hydroxyl groups is 1. The Bertz CT molecular complexity index is 505. The van der Waals surface area contributed by atoms with Crippen molar-refractivity contribution in [2.75, 3.05) is 38.4 Å². The maximum Gasteiger partial charge on any atom is 0.247 e. The van der Waals surface area contributed by atoms with E-state index in [0.29, 0.717) is 24.6 Å². The van der Waals surface area contributed by atoms with E-state index in [1.165, 1.54) is 0 Å². The predicted octanol–water partition coefficient (Wildman–Crippen LogP) is 0.0546. The average Bonchev–Trinajstić information content (AvgIpc) is 2.89. The second kappa shape index (κ2) is 4.62. The summed E-state index contributed by atoms with van der Waals surface area (Å²) in [7, 11) is 1.75. The van der Waals surface area contributed by atoms with Gasteiger partial charge in [-0.15, -0.1) is 0 Å². The molecule has 0 radical (unpaired) electrons. The summed E-state index contributed by atoms with van der Waals surface area (Å²) >= 11 is 0. The quantitative estimate of drug-likeness (QED) is 0.818. The van der Waals surface area contributed by atoms with E-state index in [1.807, 2.05) is 23.1 Å². The lowest BCUT2D eigenvalue weighted by Crippen LogP contribution is -2.57. The van der Waals surface area contributed by atoms with Crippen LogP contribution < -0.4 is 14.4 Å². The van der Waals surface area contributed by atoms with Crippen molar-refractivity contribution in [1.82, 2.24) is 4.90 Å². The molecule has 19 heavy (non-hydrogen) atoms. The van der Waals surface area contributed by atoms with Crippen LogP contribution in [0.25, 0.3) is 0 Å². The molecule has 1 saturated heterocycles. The number of likely N-dealkylation sites (N-methyl/N-ethyl adjacent to an activating group) is 1. The molecule has 1 amide bonds. The van der Waals surface area contributed by atoms with Crippen LogP contribution in [0.1, 0.15) is 0 Å². The first-order valence-electron chi connectivity index (χ1n) is 6.23. The van der Waals surface area contributed by atoms with Gasteiger partial charge in [-0.1, -0.05) is 0 Å². The number of fused-ring (bicyclic) bond motifs is 1. The molecule has 2 aliphatic heterocycles. The number of amides is 1. The summed E-state index contributed by atoms with van der Waals surface area (Å²) in [6.07, 6.45) is 0. The number of piperazine rings is 1. The number of carbonyl (C=O) groups is 1. The first-order valence-corrected chi connectivity index (χ1v) is 6.23. The predicted molar refractivity (Wildman–Crippen MR) is 68.4 cm³/mol. The van der Waals surface area contributed by atoms with Crippen LogP contribution in [-0.4, -0.2) is 55.5 Å². The van der Waals surface area contributed by atoms with Crippen LogP contribution in [0.5, 0.6) is 11.5 Å². The van der Waals surface area contributed by atoms with Gasteiger partial charge < -0.3 is 24.4 Å². The van der Waals surface area contributed by atoms with Crippen molar-refractivity contribution in [2.24, 2.45) is 0 Å². The monoisotopic (exact) mass is 264 g/mol. The zero-order valence-electron chi connectivity index (χ0n) is 10.7. The topological polar surface area (TPSA) is 62.2 Å². The van der Waals surface area contributed by atoms with E-state index in [9.17, 15) is 9.90 Å². The number of hydrogen-bond acceptors (Lipinski definition) is 5. The van der Waals surface area contributed by atoms with Gasteiger partial charge in [0.05, 0.1) is 6.61 Å². The van der Waals surface area contributed by atoms with Gasteiger partial charge in [-0.25, -0.2) is 0 Å². The third-order valence-corrected chi connectivity index (χ3v) is 3.57. The minimum absolute atomic E-state index is 0.0635. The Morgan fingerprint density at radius 3 is 2.89 bits per heavy atom. The summed E-state index contributed by atoms with van der Waals surface area (Å²) in [6, 6.07) is 5.03. The van der Waals surface area contributed by atoms with Gasteiger partial charge in [0.1, 0.15) is 6.04 Å². The Morgan fingerprint density at radius 1 is 1.32 bits per heavy atom. The molecule has 2 aliphatic rings. The summed E-state index contributed by atoms with van der Waals surface area (Å²) in [6.45, 7) is 1.36. The average molecular weight is 264 g/mol. The van der Waals surface area contributed by atoms with Crippen molar-refractivity contribution < 1.29 is 19.4 Å². The number of hydrogen-bond donors (Lipinski definition) is 1. The van der Waals surface area contributed by atoms with E-state index in [1.54, 1.807) is 11.9 Å². The zero-order valence-corrected chi connectivity index (χ0v) is 10.7. The number of aliphatic hydroxyl groups excluding tert-OH is 1. The molecule has 2 heterocycles. The van der Waals surface area contributed by atoms with E-state index in [0.717, 1.165) is 5.69 Å². The highest BCUT2D eigenvalue weighted by Gasteiger charge is 2.33. The van der Waals surface area contributed by atoms with Crippen molar-refractivity contribution in [3.8, 4) is 11.5 Å². The van der Waals surface area contributed by atoms with Gasteiger partial charge in [0.2, 0.25) is 12.7 Å². The highest BCUT2D eigenvalue weighted by atomic mass is 16.7. The highest BCUT2D eigenvalue weighted by Crippen LogP contribution is 2.36. The second-order valence-electron chi connectivity index (χ2n) is 4.69. The molecule has 1 aromatic carbocycles. The van der Waals surface area contributed by atoms with Gasteiger partial charge >= 0.3 is 0 Å². The molecule has 1 atom stereocenters. The molecule has 0 bridgehead atoms. The maximum absolute atomic E-state index is 12.0. The van der Waals surface area contributed by atoms with Gasteiger partial charge in [0.25, 0.3) is 0 Å². The van der Waals surface area contributed by atoms with Crippen molar-refractivity contribution >= 4 is 11.6 Å². The summed E-state index contributed by atoms with van der Waals surface area (Å²) in [4.78, 5) is 15.6. The molecule has 0 spiro atoms. The number of ether oxygens (including phenoxy) is 2. The van der Waals surface area contributed by atoms with E-state index in [4.69, 9.17) is 9.47 Å². The minimum Gasteiger partial charge on any atom is -0.454 e. The highest BCUT2D eigenvalue weighted by molar-refractivity contribution is 5.86. The molecular weight excluding hydrogens is 248 g/mol. The van der Waals surface area contributed by atoms with Crippen LogP contribution in [0.2, 0.25) is 0 Å². The van der Waals surface area contributed by atoms with Crippen LogP contribution in [0, 0.1) is 0 Å². The fourth-order valence-corrected chi connectivity index (χ4v) is 2.46. The van der Waals surface area contributed by atoms with Gasteiger partial charge in [-0.05, 0) is 12.1 Å². The molecule has 0 aromatic heterocycles. The molecule has 6 nitrogen and oxygen atoms in total. The summed E-state index contributed by atoms with van der Waals surface area (Å²) < 4.78 is 10.6. The smallest absolute Gasteiger partial charge is 0.247 e. The number of nitrogens with zero attached hydrogens (tertiary/aromatic N) is 2. The van der Waals surface area contributed by atoms with Gasteiger partial charge in [-0.3, -0.25) is 4.79 Å². The SMILES string of the molecule is CN1CCN(c2ccc3c(c2)OCO3)C(CO)C1=O. The number of rotatable bonds is 2. The van der Waals surface area contributed by atoms with E-state index in [2.05, 4.69) is 0 Å². The Hall–Kier alpha value is -1.95. The normalized spacial score (nSPS) is 22.0. The Labute approximate surface area is 111 Å². The third-order valence-electron chi connectivity index (χ3n) is 3.57. The largest absolute Gasteiger partial charge is 0.454 e. The summed E-state index contributed by atoms with van der Waals surface area (Å²) in [5.41, 5.74) is 0.866. The lowest BCUT2D eigenvalue weighted by atomic mass is 10.1. The first kappa shape index (κ1) is 12.1. The number of benzene rings is 1. The van der Waals surface area contributed by atoms with E-state index < -0.39 is 6.04 Å². The van der Waals surface area contributed by atoms with Gasteiger partial charge in [0, 0.05) is 31.9 Å². The molecule has 0 saturated carbocycles. The lowest BCUT2D eigenvalue weighted by molar-refractivity contribution is -0.133. The number of anilines is 1. The van der Waals surface area contributed by atoms with Crippen LogP contribution in [0.15, 0.2) is 18.2 Å². The molecule has 3 rings (SSSR count). The van der Waals surface area contributed by atoms with Crippen molar-refractivity contribution in [1.29, 1.82) is 0 Å². The Morgan fingerprint density at radius 2 is 2.11 bits per heavy atom. The molecule has 1 fully saturated rings. The van der Waals surface area contributed by atoms with Crippen molar-refractivity contribution in [3.63, 3.8) is 0 Å². The molecule has 1 N–H and O–H groups in total. The van der Waals surface area contributed by atoms with Crippen LogP contribution >= 0.6 is 0 Å². The van der Waals surface area contributed by atoms with Crippen molar-refractivity contribution in [2.45, 2.75) is 6.04 Å². The third kappa shape index (κ3) is 1.98. The molecular formula is C13H16N2O4. The fraction of sp³-hybridized carbons (Fsp3) is 0.462. The fourth-order valence-electron chi connectivity index (χ4n) is 2.46. The standard InChI is InChI=1S/C13H16N2O4/c1-14-4-5-15(10(7-16)13(14)17)9-2-3-11-12(6-9)19-8-18-11/h2-3,6,10,16H,4-5,7-8H2,1H3. The van der Waals surface area contributed by atoms with Crippen molar-refractivity contribution in [3.05, 3.63) is 18.2 Å². The van der Waals surface area contributed by atoms with E-state index >= 15 is 0 Å². The molecule has 6 heteroatoms. The number of carbonyl (C=O) groups excluding carboxylic acids is 1. The Kier molecular flexibility index (Phi) is 2.94. The van der Waals surface area contributed by atoms with Crippen LogP contribution in [-0.2, 0) is 4.79 Å². The van der Waals surface area contributed by atoms with Gasteiger partial charge in [0.15, 0.2) is 11.5 Å². The molecule has 102 valence electrons. The molecule has 1 aromatic rings. The lowest BCUT2D eigenvalue weighted by Gasteiger charge is -2.39. The zero-order chi connectivity index (χ0) is 13.4. The maximum atomic E-state index is 12.0. The van der Waals surface area contributed by atoms with Gasteiger partial charge in [-0.2, -0.15) is 0 Å². The Balaban J connectivity index is 1.90.